The zero-order valence-electron chi connectivity index (χ0n) is 9.50. The zero-order valence-corrected chi connectivity index (χ0v) is 12.7. The van der Waals surface area contributed by atoms with Crippen LogP contribution in [0.2, 0.25) is 0 Å². The summed E-state index contributed by atoms with van der Waals surface area (Å²) in [6.07, 6.45) is 1.07. The van der Waals surface area contributed by atoms with Crippen LogP contribution >= 0.6 is 31.9 Å². The second-order valence-corrected chi connectivity index (χ2v) is 5.37. The molecule has 90 valence electrons. The molecular weight excluding hydrogens is 336 g/mol. The normalized spacial score (nSPS) is 12.5. The molecule has 0 aromatic heterocycles. The van der Waals surface area contributed by atoms with Crippen LogP contribution in [0.5, 0.6) is 5.75 Å². The predicted molar refractivity (Wildman–Crippen MR) is 73.5 cm³/mol. The third-order valence-electron chi connectivity index (χ3n) is 2.22. The Bertz CT molecular complexity index is 329. The van der Waals surface area contributed by atoms with E-state index in [1.54, 1.807) is 7.11 Å². The van der Waals surface area contributed by atoms with Crippen molar-refractivity contribution in [2.45, 2.75) is 18.2 Å². The molecule has 0 N–H and O–H groups in total. The van der Waals surface area contributed by atoms with Crippen LogP contribution in [0, 0.1) is 0 Å². The lowest BCUT2D eigenvalue weighted by atomic mass is 10.1. The van der Waals surface area contributed by atoms with Crippen LogP contribution in [0.25, 0.3) is 0 Å². The summed E-state index contributed by atoms with van der Waals surface area (Å²) in [5, 5.41) is 0. The van der Waals surface area contributed by atoms with Gasteiger partial charge in [-0.2, -0.15) is 0 Å². The van der Waals surface area contributed by atoms with E-state index >= 15 is 0 Å². The van der Waals surface area contributed by atoms with Gasteiger partial charge in [-0.05, 0) is 40.0 Å². The number of ether oxygens (including phenoxy) is 2. The van der Waals surface area contributed by atoms with E-state index in [1.165, 1.54) is 5.56 Å². The maximum Gasteiger partial charge on any atom is 0.133 e. The number of rotatable bonds is 6. The summed E-state index contributed by atoms with van der Waals surface area (Å²) in [4.78, 5) is 0.400. The molecule has 1 aromatic rings. The molecule has 0 aliphatic heterocycles. The highest BCUT2D eigenvalue weighted by Crippen LogP contribution is 2.32. The van der Waals surface area contributed by atoms with Crippen LogP contribution in [0.3, 0.4) is 0 Å². The van der Waals surface area contributed by atoms with Gasteiger partial charge in [0.2, 0.25) is 0 Å². The molecule has 0 radical (unpaired) electrons. The van der Waals surface area contributed by atoms with Crippen LogP contribution in [-0.2, 0) is 4.74 Å². The number of halogens is 2. The van der Waals surface area contributed by atoms with Gasteiger partial charge in [-0.25, -0.2) is 0 Å². The molecule has 0 amide bonds. The molecule has 0 fully saturated rings. The van der Waals surface area contributed by atoms with Gasteiger partial charge < -0.3 is 9.47 Å². The first-order chi connectivity index (χ1) is 7.69. The summed E-state index contributed by atoms with van der Waals surface area (Å²) in [6.45, 7) is 3.32. The van der Waals surface area contributed by atoms with Gasteiger partial charge in [0.25, 0.3) is 0 Å². The second kappa shape index (κ2) is 7.30. The van der Waals surface area contributed by atoms with Crippen molar-refractivity contribution in [3.05, 3.63) is 28.2 Å². The number of methoxy groups -OCH3 is 1. The Morgan fingerprint density at radius 3 is 2.62 bits per heavy atom. The molecule has 2 nitrogen and oxygen atoms in total. The summed E-state index contributed by atoms with van der Waals surface area (Å²) in [7, 11) is 1.66. The van der Waals surface area contributed by atoms with Crippen LogP contribution in [0.4, 0.5) is 0 Å². The van der Waals surface area contributed by atoms with Crippen molar-refractivity contribution in [3.63, 3.8) is 0 Å². The highest BCUT2D eigenvalue weighted by atomic mass is 79.9. The molecule has 1 aromatic carbocycles. The maximum atomic E-state index is 5.56. The largest absolute Gasteiger partial charge is 0.490 e. The van der Waals surface area contributed by atoms with E-state index in [4.69, 9.17) is 9.47 Å². The first-order valence-electron chi connectivity index (χ1n) is 5.24. The average Bonchev–Trinajstić information content (AvgIpc) is 2.30. The van der Waals surface area contributed by atoms with Crippen molar-refractivity contribution in [2.75, 3.05) is 20.3 Å². The van der Waals surface area contributed by atoms with Crippen LogP contribution < -0.4 is 4.74 Å². The molecule has 0 spiro atoms. The minimum absolute atomic E-state index is 0.400. The predicted octanol–water partition coefficient (Wildman–Crippen LogP) is 4.32. The standard InChI is InChI=1S/C12H16Br2O2/c1-3-10(13)9-4-5-12(11(14)8-9)16-7-6-15-2/h4-5,8,10H,3,6-7H2,1-2H3. The lowest BCUT2D eigenvalue weighted by molar-refractivity contribution is 0.146. The van der Waals surface area contributed by atoms with Crippen LogP contribution in [0.1, 0.15) is 23.7 Å². The summed E-state index contributed by atoms with van der Waals surface area (Å²) in [5.41, 5.74) is 1.26. The number of hydrogen-bond donors (Lipinski definition) is 0. The van der Waals surface area contributed by atoms with E-state index in [2.05, 4.69) is 50.9 Å². The van der Waals surface area contributed by atoms with Crippen molar-refractivity contribution < 1.29 is 9.47 Å². The van der Waals surface area contributed by atoms with E-state index in [0.717, 1.165) is 16.6 Å². The van der Waals surface area contributed by atoms with E-state index < -0.39 is 0 Å². The number of hydrogen-bond acceptors (Lipinski definition) is 2. The SMILES string of the molecule is CCC(Br)c1ccc(OCCOC)c(Br)c1. The van der Waals surface area contributed by atoms with Crippen LogP contribution in [-0.4, -0.2) is 20.3 Å². The second-order valence-electron chi connectivity index (χ2n) is 3.41. The van der Waals surface area contributed by atoms with Gasteiger partial charge in [0.1, 0.15) is 12.4 Å². The monoisotopic (exact) mass is 350 g/mol. The minimum Gasteiger partial charge on any atom is -0.490 e. The smallest absolute Gasteiger partial charge is 0.133 e. The van der Waals surface area contributed by atoms with Crippen molar-refractivity contribution >= 4 is 31.9 Å². The fraction of sp³-hybridized carbons (Fsp3) is 0.500. The topological polar surface area (TPSA) is 18.5 Å². The Balaban J connectivity index is 2.67. The van der Waals surface area contributed by atoms with E-state index in [9.17, 15) is 0 Å². The summed E-state index contributed by atoms with van der Waals surface area (Å²) < 4.78 is 11.5. The van der Waals surface area contributed by atoms with E-state index in [1.807, 2.05) is 6.07 Å². The third-order valence-corrected chi connectivity index (χ3v) is 4.02. The van der Waals surface area contributed by atoms with Gasteiger partial charge in [-0.15, -0.1) is 0 Å². The van der Waals surface area contributed by atoms with Gasteiger partial charge in [0.05, 0.1) is 11.1 Å². The van der Waals surface area contributed by atoms with Crippen molar-refractivity contribution in [3.8, 4) is 5.75 Å². The summed E-state index contributed by atoms with van der Waals surface area (Å²) in [5.74, 6) is 0.858. The molecule has 16 heavy (non-hydrogen) atoms. The molecule has 0 bridgehead atoms. The molecule has 0 aliphatic rings. The first kappa shape index (κ1) is 14.0. The third kappa shape index (κ3) is 4.07. The minimum atomic E-state index is 0.400. The zero-order chi connectivity index (χ0) is 12.0. The molecule has 1 unspecified atom stereocenters. The number of alkyl halides is 1. The molecule has 0 saturated carbocycles. The molecular formula is C12H16Br2O2. The van der Waals surface area contributed by atoms with Gasteiger partial charge in [-0.1, -0.05) is 28.9 Å². The maximum absolute atomic E-state index is 5.56. The van der Waals surface area contributed by atoms with E-state index in [0.29, 0.717) is 18.0 Å². The van der Waals surface area contributed by atoms with Gasteiger partial charge in [-0.3, -0.25) is 0 Å². The van der Waals surface area contributed by atoms with Gasteiger partial charge in [0, 0.05) is 11.9 Å². The van der Waals surface area contributed by atoms with Crippen molar-refractivity contribution in [2.24, 2.45) is 0 Å². The van der Waals surface area contributed by atoms with Crippen LogP contribution in [0.15, 0.2) is 22.7 Å². The van der Waals surface area contributed by atoms with Gasteiger partial charge >= 0.3 is 0 Å². The molecule has 0 saturated heterocycles. The average molecular weight is 352 g/mol. The fourth-order valence-corrected chi connectivity index (χ4v) is 2.10. The van der Waals surface area contributed by atoms with Gasteiger partial charge in [0.15, 0.2) is 0 Å². The Morgan fingerprint density at radius 1 is 1.31 bits per heavy atom. The molecule has 0 heterocycles. The summed E-state index contributed by atoms with van der Waals surface area (Å²) >= 11 is 7.14. The first-order valence-corrected chi connectivity index (χ1v) is 6.95. The molecule has 1 atom stereocenters. The fourth-order valence-electron chi connectivity index (χ4n) is 1.30. The Morgan fingerprint density at radius 2 is 2.06 bits per heavy atom. The lowest BCUT2D eigenvalue weighted by Crippen LogP contribution is -2.04. The quantitative estimate of drug-likeness (QED) is 0.561. The summed E-state index contributed by atoms with van der Waals surface area (Å²) in [6, 6.07) is 6.15. The Kier molecular flexibility index (Phi) is 6.39. The van der Waals surface area contributed by atoms with E-state index in [-0.39, 0.29) is 0 Å². The highest BCUT2D eigenvalue weighted by molar-refractivity contribution is 9.10. The van der Waals surface area contributed by atoms with Crippen molar-refractivity contribution in [1.82, 2.24) is 0 Å². The molecule has 4 heteroatoms. The Hall–Kier alpha value is -0.0600. The highest BCUT2D eigenvalue weighted by Gasteiger charge is 2.08. The Labute approximate surface area is 114 Å². The molecule has 0 aliphatic carbocycles. The number of benzene rings is 1. The molecule has 1 rings (SSSR count). The van der Waals surface area contributed by atoms with Crippen molar-refractivity contribution in [1.29, 1.82) is 0 Å². The lowest BCUT2D eigenvalue weighted by Gasteiger charge is -2.11.